The molecule has 0 N–H and O–H groups in total. The second-order valence-electron chi connectivity index (χ2n) is 2.89. The highest BCUT2D eigenvalue weighted by atomic mass is 13.9. The maximum atomic E-state index is 2.23. The summed E-state index contributed by atoms with van der Waals surface area (Å²) in [5.41, 5.74) is 0. The van der Waals surface area contributed by atoms with Crippen molar-refractivity contribution < 1.29 is 0 Å². The van der Waals surface area contributed by atoms with E-state index in [1.54, 1.807) is 0 Å². The van der Waals surface area contributed by atoms with Crippen LogP contribution in [-0.4, -0.2) is 0 Å². The van der Waals surface area contributed by atoms with Gasteiger partial charge in [-0.05, 0) is 18.8 Å². The van der Waals surface area contributed by atoms with Crippen molar-refractivity contribution in [2.75, 3.05) is 0 Å². The molecule has 0 aliphatic rings. The average molecular weight is 154 g/mol. The van der Waals surface area contributed by atoms with Gasteiger partial charge in [-0.3, -0.25) is 0 Å². The highest BCUT2D eigenvalue weighted by Gasteiger charge is 1.84. The Kier molecular flexibility index (Phi) is 11.3. The van der Waals surface area contributed by atoms with Crippen molar-refractivity contribution in [3.05, 3.63) is 24.3 Å². The first kappa shape index (κ1) is 13.1. The summed E-state index contributed by atoms with van der Waals surface area (Å²) >= 11 is 0. The third-order valence-corrected chi connectivity index (χ3v) is 1.23. The fraction of sp³-hybridized carbons (Fsp3) is 0.636. The molecule has 0 heteroatoms. The fourth-order valence-corrected chi connectivity index (χ4v) is 0.644. The second kappa shape index (κ2) is 9.48. The Morgan fingerprint density at radius 3 is 2.09 bits per heavy atom. The van der Waals surface area contributed by atoms with Crippen molar-refractivity contribution in [1.82, 2.24) is 0 Å². The van der Waals surface area contributed by atoms with Crippen LogP contribution in [0.5, 0.6) is 0 Å². The Labute approximate surface area is 72.0 Å². The van der Waals surface area contributed by atoms with Crippen molar-refractivity contribution in [2.24, 2.45) is 5.92 Å². The van der Waals surface area contributed by atoms with Crippen molar-refractivity contribution in [1.29, 1.82) is 0 Å². The van der Waals surface area contributed by atoms with Crippen LogP contribution in [0, 0.1) is 5.92 Å². The number of hydrogen-bond acceptors (Lipinski definition) is 0. The molecule has 0 aliphatic heterocycles. The maximum Gasteiger partial charge on any atom is -0.0324 e. The molecule has 0 saturated heterocycles. The molecule has 0 saturated carbocycles. The molecule has 0 aromatic heterocycles. The molecule has 0 atom stereocenters. The van der Waals surface area contributed by atoms with E-state index in [1.807, 2.05) is 0 Å². The largest absolute Gasteiger partial charge is 0.0848 e. The molecule has 0 aromatic rings. The van der Waals surface area contributed by atoms with Gasteiger partial charge in [0.05, 0.1) is 0 Å². The zero-order chi connectivity index (χ0) is 7.82. The van der Waals surface area contributed by atoms with E-state index in [0.29, 0.717) is 0 Å². The maximum absolute atomic E-state index is 2.23. The van der Waals surface area contributed by atoms with Crippen molar-refractivity contribution in [2.45, 2.75) is 41.0 Å². The third kappa shape index (κ3) is 12.6. The molecule has 0 unspecified atom stereocenters. The van der Waals surface area contributed by atoms with Crippen LogP contribution in [0.4, 0.5) is 0 Å². The van der Waals surface area contributed by atoms with Gasteiger partial charge in [-0.15, -0.1) is 0 Å². The van der Waals surface area contributed by atoms with Crippen LogP contribution in [0.15, 0.2) is 24.3 Å². The zero-order valence-corrected chi connectivity index (χ0v) is 7.30. The predicted molar refractivity (Wildman–Crippen MR) is 54.8 cm³/mol. The van der Waals surface area contributed by atoms with Gasteiger partial charge in [0.25, 0.3) is 0 Å². The summed E-state index contributed by atoms with van der Waals surface area (Å²) < 4.78 is 0. The lowest BCUT2D eigenvalue weighted by molar-refractivity contribution is 0.664. The molecular weight excluding hydrogens is 132 g/mol. The highest BCUT2D eigenvalue weighted by molar-refractivity contribution is 5.01. The van der Waals surface area contributed by atoms with Crippen LogP contribution in [0.2, 0.25) is 0 Å². The van der Waals surface area contributed by atoms with Crippen LogP contribution >= 0.6 is 0 Å². The van der Waals surface area contributed by atoms with Gasteiger partial charge in [0.15, 0.2) is 0 Å². The minimum absolute atomic E-state index is 0. The lowest BCUT2D eigenvalue weighted by Gasteiger charge is -1.94. The Balaban J connectivity index is 0. The van der Waals surface area contributed by atoms with Gasteiger partial charge in [0, 0.05) is 0 Å². The van der Waals surface area contributed by atoms with E-state index in [0.717, 1.165) is 12.3 Å². The molecule has 11 heavy (non-hydrogen) atoms. The number of hydrogen-bond donors (Lipinski definition) is 0. The van der Waals surface area contributed by atoms with E-state index >= 15 is 0 Å². The quantitative estimate of drug-likeness (QED) is 0.533. The van der Waals surface area contributed by atoms with Crippen molar-refractivity contribution in [3.63, 3.8) is 0 Å². The lowest BCUT2D eigenvalue weighted by Crippen LogP contribution is -1.80. The fourth-order valence-electron chi connectivity index (χ4n) is 0.644. The van der Waals surface area contributed by atoms with Gasteiger partial charge in [-0.2, -0.15) is 0 Å². The molecule has 0 heterocycles. The van der Waals surface area contributed by atoms with Crippen LogP contribution in [0.3, 0.4) is 0 Å². The molecule has 0 spiro atoms. The zero-order valence-electron chi connectivity index (χ0n) is 7.30. The van der Waals surface area contributed by atoms with Gasteiger partial charge in [0.2, 0.25) is 0 Å². The lowest BCUT2D eigenvalue weighted by atomic mass is 10.1. The molecule has 0 aromatic carbocycles. The Morgan fingerprint density at radius 1 is 1.09 bits per heavy atom. The monoisotopic (exact) mass is 154 g/mol. The molecule has 66 valence electrons. The summed E-state index contributed by atoms with van der Waals surface area (Å²) in [5.74, 6) is 0.784. The minimum Gasteiger partial charge on any atom is -0.0848 e. The Hall–Kier alpha value is -0.520. The molecule has 0 aliphatic carbocycles. The standard InChI is InChI=1S/C10H18.CH4/c1-4-5-6-7-8-9-10(2)3;/h5-8,10H,4,9H2,1-3H3;1H4/b6-5-,8-7-;. The normalized spacial score (nSPS) is 11.3. The van der Waals surface area contributed by atoms with Crippen LogP contribution in [0.1, 0.15) is 41.0 Å². The van der Waals surface area contributed by atoms with Crippen LogP contribution in [-0.2, 0) is 0 Å². The van der Waals surface area contributed by atoms with Gasteiger partial charge in [-0.1, -0.05) is 52.5 Å². The number of allylic oxidation sites excluding steroid dienone is 4. The van der Waals surface area contributed by atoms with Gasteiger partial charge in [0.1, 0.15) is 0 Å². The molecule has 0 radical (unpaired) electrons. The van der Waals surface area contributed by atoms with E-state index < -0.39 is 0 Å². The summed E-state index contributed by atoms with van der Waals surface area (Å²) in [6.07, 6.45) is 10.9. The summed E-state index contributed by atoms with van der Waals surface area (Å²) in [5, 5.41) is 0. The van der Waals surface area contributed by atoms with Crippen LogP contribution < -0.4 is 0 Å². The molecule has 0 bridgehead atoms. The summed E-state index contributed by atoms with van der Waals surface area (Å²) in [6, 6.07) is 0. The van der Waals surface area contributed by atoms with E-state index in [9.17, 15) is 0 Å². The molecule has 0 fully saturated rings. The first-order chi connectivity index (χ1) is 4.77. The van der Waals surface area contributed by atoms with Gasteiger partial charge < -0.3 is 0 Å². The van der Waals surface area contributed by atoms with Gasteiger partial charge in [-0.25, -0.2) is 0 Å². The third-order valence-electron chi connectivity index (χ3n) is 1.23. The van der Waals surface area contributed by atoms with E-state index in [-0.39, 0.29) is 7.43 Å². The first-order valence-electron chi connectivity index (χ1n) is 4.09. The summed E-state index contributed by atoms with van der Waals surface area (Å²) in [6.45, 7) is 6.61. The average Bonchev–Trinajstić information content (AvgIpc) is 1.87. The summed E-state index contributed by atoms with van der Waals surface area (Å²) in [7, 11) is 0. The minimum atomic E-state index is 0. The molecular formula is C11H22. The van der Waals surface area contributed by atoms with Crippen molar-refractivity contribution >= 4 is 0 Å². The molecule has 0 rings (SSSR count). The van der Waals surface area contributed by atoms with E-state index in [1.165, 1.54) is 6.42 Å². The first-order valence-corrected chi connectivity index (χ1v) is 4.09. The Bertz CT molecular complexity index is 107. The van der Waals surface area contributed by atoms with E-state index in [2.05, 4.69) is 45.1 Å². The topological polar surface area (TPSA) is 0 Å². The number of rotatable bonds is 4. The molecule has 0 nitrogen and oxygen atoms in total. The van der Waals surface area contributed by atoms with Crippen LogP contribution in [0.25, 0.3) is 0 Å². The van der Waals surface area contributed by atoms with Crippen molar-refractivity contribution in [3.8, 4) is 0 Å². The summed E-state index contributed by atoms with van der Waals surface area (Å²) in [4.78, 5) is 0. The smallest absolute Gasteiger partial charge is 0.0324 e. The van der Waals surface area contributed by atoms with E-state index in [4.69, 9.17) is 0 Å². The second-order valence-corrected chi connectivity index (χ2v) is 2.89. The highest BCUT2D eigenvalue weighted by Crippen LogP contribution is 1.99. The SMILES string of the molecule is C.CC/C=C\C=C/CC(C)C. The van der Waals surface area contributed by atoms with Gasteiger partial charge >= 0.3 is 0 Å². The molecule has 0 amide bonds. The predicted octanol–water partition coefficient (Wildman–Crippen LogP) is 4.19. The Morgan fingerprint density at radius 2 is 1.64 bits per heavy atom.